The first kappa shape index (κ1) is 12.6. The van der Waals surface area contributed by atoms with E-state index < -0.39 is 10.8 Å². The maximum Gasteiger partial charge on any atom is 0.288 e. The van der Waals surface area contributed by atoms with Gasteiger partial charge in [0.2, 0.25) is 0 Å². The van der Waals surface area contributed by atoms with Crippen molar-refractivity contribution >= 4 is 29.2 Å². The first-order chi connectivity index (χ1) is 8.58. The average molecular weight is 268 g/mol. The first-order valence-corrected chi connectivity index (χ1v) is 6.52. The summed E-state index contributed by atoms with van der Waals surface area (Å²) in [5.41, 5.74) is 5.38. The molecule has 0 bridgehead atoms. The Morgan fingerprint density at radius 3 is 3.06 bits per heavy atom. The maximum absolute atomic E-state index is 11.9. The third kappa shape index (κ3) is 2.70. The number of pyridine rings is 1. The number of hydrogen-bond donors (Lipinski definition) is 2. The molecule has 0 radical (unpaired) electrons. The number of rotatable bonds is 3. The van der Waals surface area contributed by atoms with Gasteiger partial charge < -0.3 is 11.1 Å². The Labute approximate surface area is 107 Å². The Hall–Kier alpha value is -1.83. The number of hydrogen-bond acceptors (Lipinski definition) is 6. The Bertz CT molecular complexity index is 488. The van der Waals surface area contributed by atoms with Gasteiger partial charge in [-0.3, -0.25) is 14.9 Å². The fourth-order valence-electron chi connectivity index (χ4n) is 1.66. The largest absolute Gasteiger partial charge is 0.383 e. The van der Waals surface area contributed by atoms with Crippen molar-refractivity contribution in [1.82, 2.24) is 10.3 Å². The molecule has 1 saturated heterocycles. The number of nitrogens with two attached hydrogens (primary N) is 1. The summed E-state index contributed by atoms with van der Waals surface area (Å²) in [7, 11) is 0. The van der Waals surface area contributed by atoms with Gasteiger partial charge in [-0.15, -0.1) is 0 Å². The number of nitrogens with one attached hydrogen (secondary N) is 1. The normalized spacial score (nSPS) is 18.6. The van der Waals surface area contributed by atoms with Gasteiger partial charge in [0.15, 0.2) is 0 Å². The SMILES string of the molecule is Nc1ncc([N+](=O)[O-])cc1C(=O)NC1CCSC1. The number of nitro groups is 1. The van der Waals surface area contributed by atoms with Crippen molar-refractivity contribution in [2.75, 3.05) is 17.2 Å². The van der Waals surface area contributed by atoms with Crippen molar-refractivity contribution in [3.8, 4) is 0 Å². The van der Waals surface area contributed by atoms with Crippen LogP contribution in [-0.4, -0.2) is 33.4 Å². The molecule has 1 aromatic heterocycles. The summed E-state index contributed by atoms with van der Waals surface area (Å²) >= 11 is 1.76. The summed E-state index contributed by atoms with van der Waals surface area (Å²) in [6, 6.07) is 1.25. The number of nitrogen functional groups attached to an aromatic ring is 1. The van der Waals surface area contributed by atoms with Crippen LogP contribution in [-0.2, 0) is 0 Å². The zero-order valence-electron chi connectivity index (χ0n) is 9.46. The summed E-state index contributed by atoms with van der Waals surface area (Å²) in [4.78, 5) is 25.6. The van der Waals surface area contributed by atoms with Crippen molar-refractivity contribution in [3.63, 3.8) is 0 Å². The smallest absolute Gasteiger partial charge is 0.288 e. The van der Waals surface area contributed by atoms with Crippen LogP contribution < -0.4 is 11.1 Å². The van der Waals surface area contributed by atoms with Crippen molar-refractivity contribution < 1.29 is 9.72 Å². The molecule has 0 spiro atoms. The van der Waals surface area contributed by atoms with Gasteiger partial charge in [0.1, 0.15) is 12.0 Å². The zero-order valence-corrected chi connectivity index (χ0v) is 10.3. The standard InChI is InChI=1S/C10H12N4O3S/c11-9-8(3-7(4-12-9)14(16)17)10(15)13-6-1-2-18-5-6/h3-4,6H,1-2,5H2,(H2,11,12)(H,13,15). The Balaban J connectivity index is 2.17. The van der Waals surface area contributed by atoms with Gasteiger partial charge in [-0.25, -0.2) is 4.98 Å². The molecule has 1 amide bonds. The van der Waals surface area contributed by atoms with Crippen LogP contribution >= 0.6 is 11.8 Å². The predicted molar refractivity (Wildman–Crippen MR) is 68.5 cm³/mol. The molecule has 2 rings (SSSR count). The molecular weight excluding hydrogens is 256 g/mol. The van der Waals surface area contributed by atoms with Crippen molar-refractivity contribution in [3.05, 3.63) is 27.9 Å². The third-order valence-corrected chi connectivity index (χ3v) is 3.79. The lowest BCUT2D eigenvalue weighted by Gasteiger charge is -2.11. The minimum absolute atomic E-state index is 0.00347. The van der Waals surface area contributed by atoms with Gasteiger partial charge >= 0.3 is 0 Å². The van der Waals surface area contributed by atoms with E-state index in [4.69, 9.17) is 5.73 Å². The highest BCUT2D eigenvalue weighted by Crippen LogP contribution is 2.20. The van der Waals surface area contributed by atoms with Crippen LogP contribution in [0.3, 0.4) is 0 Å². The summed E-state index contributed by atoms with van der Waals surface area (Å²) in [5, 5.41) is 13.4. The van der Waals surface area contributed by atoms with Crippen LogP contribution in [0.4, 0.5) is 11.5 Å². The second kappa shape index (κ2) is 5.21. The average Bonchev–Trinajstić information content (AvgIpc) is 2.81. The molecule has 1 aliphatic heterocycles. The lowest BCUT2D eigenvalue weighted by Crippen LogP contribution is -2.35. The summed E-state index contributed by atoms with van der Waals surface area (Å²) in [5.74, 6) is 1.46. The van der Waals surface area contributed by atoms with Gasteiger partial charge in [0.25, 0.3) is 11.6 Å². The molecule has 1 atom stereocenters. The topological polar surface area (TPSA) is 111 Å². The van der Waals surface area contributed by atoms with Crippen molar-refractivity contribution in [1.29, 1.82) is 0 Å². The molecule has 1 aliphatic rings. The monoisotopic (exact) mass is 268 g/mol. The fraction of sp³-hybridized carbons (Fsp3) is 0.400. The number of thioether (sulfide) groups is 1. The second-order valence-corrected chi connectivity index (χ2v) is 5.07. The number of nitrogens with zero attached hydrogens (tertiary/aromatic N) is 2. The van der Waals surface area contributed by atoms with Crippen LogP contribution in [0.5, 0.6) is 0 Å². The highest BCUT2D eigenvalue weighted by Gasteiger charge is 2.21. The van der Waals surface area contributed by atoms with E-state index in [1.165, 1.54) is 0 Å². The molecule has 2 heterocycles. The summed E-state index contributed by atoms with van der Waals surface area (Å²) in [6.07, 6.45) is 1.94. The predicted octanol–water partition coefficient (Wildman–Crippen LogP) is 0.807. The molecule has 1 fully saturated rings. The Morgan fingerprint density at radius 1 is 1.67 bits per heavy atom. The van der Waals surface area contributed by atoms with Crippen LogP contribution in [0.1, 0.15) is 16.8 Å². The minimum Gasteiger partial charge on any atom is -0.383 e. The van der Waals surface area contributed by atoms with E-state index in [1.54, 1.807) is 11.8 Å². The van der Waals surface area contributed by atoms with Crippen molar-refractivity contribution in [2.24, 2.45) is 0 Å². The summed E-state index contributed by atoms with van der Waals surface area (Å²) < 4.78 is 0. The van der Waals surface area contributed by atoms with Crippen LogP contribution in [0, 0.1) is 10.1 Å². The molecule has 0 aromatic carbocycles. The third-order valence-electron chi connectivity index (χ3n) is 2.62. The van der Waals surface area contributed by atoms with E-state index >= 15 is 0 Å². The van der Waals surface area contributed by atoms with Gasteiger partial charge in [-0.05, 0) is 12.2 Å². The van der Waals surface area contributed by atoms with E-state index in [1.807, 2.05) is 0 Å². The van der Waals surface area contributed by atoms with E-state index in [0.29, 0.717) is 0 Å². The van der Waals surface area contributed by atoms with Gasteiger partial charge in [0.05, 0.1) is 10.5 Å². The van der Waals surface area contributed by atoms with E-state index in [2.05, 4.69) is 10.3 Å². The lowest BCUT2D eigenvalue weighted by molar-refractivity contribution is -0.385. The molecule has 96 valence electrons. The van der Waals surface area contributed by atoms with E-state index in [-0.39, 0.29) is 23.1 Å². The number of carbonyl (C=O) groups excluding carboxylic acids is 1. The Morgan fingerprint density at radius 2 is 2.44 bits per heavy atom. The molecule has 1 aromatic rings. The molecule has 1 unspecified atom stereocenters. The molecule has 8 heteroatoms. The number of carbonyl (C=O) groups is 1. The molecule has 3 N–H and O–H groups in total. The highest BCUT2D eigenvalue weighted by molar-refractivity contribution is 7.99. The highest BCUT2D eigenvalue weighted by atomic mass is 32.2. The number of amides is 1. The van der Waals surface area contributed by atoms with Crippen LogP contribution in [0.2, 0.25) is 0 Å². The number of aromatic nitrogens is 1. The fourth-order valence-corrected chi connectivity index (χ4v) is 2.81. The molecule has 7 nitrogen and oxygen atoms in total. The molecule has 0 aliphatic carbocycles. The molecule has 0 saturated carbocycles. The molecular formula is C10H12N4O3S. The van der Waals surface area contributed by atoms with Gasteiger partial charge in [-0.2, -0.15) is 11.8 Å². The van der Waals surface area contributed by atoms with E-state index in [9.17, 15) is 14.9 Å². The van der Waals surface area contributed by atoms with Crippen LogP contribution in [0.25, 0.3) is 0 Å². The second-order valence-electron chi connectivity index (χ2n) is 3.92. The molecule has 18 heavy (non-hydrogen) atoms. The van der Waals surface area contributed by atoms with E-state index in [0.717, 1.165) is 30.2 Å². The van der Waals surface area contributed by atoms with Gasteiger partial charge in [-0.1, -0.05) is 0 Å². The summed E-state index contributed by atoms with van der Waals surface area (Å²) in [6.45, 7) is 0. The lowest BCUT2D eigenvalue weighted by atomic mass is 10.2. The Kier molecular flexibility index (Phi) is 3.66. The zero-order chi connectivity index (χ0) is 13.1. The van der Waals surface area contributed by atoms with Crippen molar-refractivity contribution in [2.45, 2.75) is 12.5 Å². The van der Waals surface area contributed by atoms with Crippen LogP contribution in [0.15, 0.2) is 12.3 Å². The number of anilines is 1. The minimum atomic E-state index is -0.603. The van der Waals surface area contributed by atoms with Gasteiger partial charge in [0, 0.05) is 17.9 Å². The quantitative estimate of drug-likeness (QED) is 0.619. The maximum atomic E-state index is 11.9. The first-order valence-electron chi connectivity index (χ1n) is 5.36.